The van der Waals surface area contributed by atoms with Crippen LogP contribution in [0, 0.1) is 0 Å². The molecular weight excluding hydrogens is 214 g/mol. The predicted molar refractivity (Wildman–Crippen MR) is 59.1 cm³/mol. The minimum Gasteiger partial charge on any atom is -0.388 e. The van der Waals surface area contributed by atoms with Gasteiger partial charge in [0.2, 0.25) is 0 Å². The molecule has 82 valence electrons. The van der Waals surface area contributed by atoms with Crippen molar-refractivity contribution in [3.63, 3.8) is 0 Å². The van der Waals surface area contributed by atoms with E-state index in [-0.39, 0.29) is 0 Å². The van der Waals surface area contributed by atoms with E-state index in [2.05, 4.69) is 9.97 Å². The monoisotopic (exact) mass is 227 g/mol. The summed E-state index contributed by atoms with van der Waals surface area (Å²) < 4.78 is 0. The van der Waals surface area contributed by atoms with Crippen LogP contribution in [0.3, 0.4) is 0 Å². The molecule has 0 spiro atoms. The second-order valence-corrected chi connectivity index (χ2v) is 4.62. The zero-order valence-electron chi connectivity index (χ0n) is 8.65. The van der Waals surface area contributed by atoms with Crippen molar-refractivity contribution in [3.8, 4) is 0 Å². The fourth-order valence-electron chi connectivity index (χ4n) is 1.94. The molecule has 0 radical (unpaired) electrons. The van der Waals surface area contributed by atoms with E-state index in [1.165, 1.54) is 6.33 Å². The number of aromatic nitrogens is 2. The van der Waals surface area contributed by atoms with Crippen LogP contribution in [0.25, 0.3) is 0 Å². The number of hydrogen-bond acceptors (Lipinski definition) is 4. The molecule has 0 bridgehead atoms. The van der Waals surface area contributed by atoms with E-state index in [1.54, 1.807) is 6.20 Å². The van der Waals surface area contributed by atoms with Gasteiger partial charge < -0.3 is 10.0 Å². The van der Waals surface area contributed by atoms with Crippen LogP contribution in [-0.4, -0.2) is 33.8 Å². The molecular formula is C10H14ClN3O. The Hall–Kier alpha value is -0.870. The highest BCUT2D eigenvalue weighted by Crippen LogP contribution is 2.28. The maximum absolute atomic E-state index is 9.97. The zero-order chi connectivity index (χ0) is 10.9. The van der Waals surface area contributed by atoms with E-state index in [1.807, 2.05) is 11.8 Å². The molecule has 2 rings (SSSR count). The highest BCUT2D eigenvalue weighted by molar-refractivity contribution is 6.32. The Labute approximate surface area is 93.9 Å². The third-order valence-corrected chi connectivity index (χ3v) is 2.89. The predicted octanol–water partition coefficient (Wildman–Crippen LogP) is 1.48. The molecule has 0 amide bonds. The van der Waals surface area contributed by atoms with Crippen LogP contribution < -0.4 is 4.90 Å². The summed E-state index contributed by atoms with van der Waals surface area (Å²) in [5.41, 5.74) is -0.646. The van der Waals surface area contributed by atoms with E-state index < -0.39 is 5.60 Å². The minimum absolute atomic E-state index is 0.537. The molecule has 1 saturated heterocycles. The van der Waals surface area contributed by atoms with Crippen molar-refractivity contribution in [2.45, 2.75) is 25.4 Å². The third-order valence-electron chi connectivity index (χ3n) is 2.62. The van der Waals surface area contributed by atoms with Gasteiger partial charge in [0.05, 0.1) is 11.8 Å². The molecule has 5 heteroatoms. The van der Waals surface area contributed by atoms with Gasteiger partial charge in [0, 0.05) is 13.1 Å². The lowest BCUT2D eigenvalue weighted by atomic mass is 9.95. The number of halogens is 1. The van der Waals surface area contributed by atoms with Crippen molar-refractivity contribution in [2.24, 2.45) is 0 Å². The quantitative estimate of drug-likeness (QED) is 0.790. The zero-order valence-corrected chi connectivity index (χ0v) is 9.41. The Balaban J connectivity index is 2.21. The number of hydrogen-bond donors (Lipinski definition) is 1. The Kier molecular flexibility index (Phi) is 2.80. The van der Waals surface area contributed by atoms with Gasteiger partial charge in [0.1, 0.15) is 11.3 Å². The number of rotatable bonds is 1. The standard InChI is InChI=1S/C10H14ClN3O/c1-10(15)3-2-4-14(6-10)9-8(11)5-12-7-13-9/h5,7,15H,2-4,6H2,1H3. The largest absolute Gasteiger partial charge is 0.388 e. The van der Waals surface area contributed by atoms with Crippen molar-refractivity contribution >= 4 is 17.4 Å². The molecule has 2 heterocycles. The average Bonchev–Trinajstić information content (AvgIpc) is 2.17. The van der Waals surface area contributed by atoms with Crippen LogP contribution >= 0.6 is 11.6 Å². The van der Waals surface area contributed by atoms with Crippen LogP contribution in [-0.2, 0) is 0 Å². The van der Waals surface area contributed by atoms with Gasteiger partial charge in [-0.25, -0.2) is 9.97 Å². The summed E-state index contributed by atoms with van der Waals surface area (Å²) in [6, 6.07) is 0. The van der Waals surface area contributed by atoms with Gasteiger partial charge in [-0.15, -0.1) is 0 Å². The first kappa shape index (κ1) is 10.6. The van der Waals surface area contributed by atoms with Crippen LogP contribution in [0.2, 0.25) is 5.02 Å². The number of nitrogens with zero attached hydrogens (tertiary/aromatic N) is 3. The Morgan fingerprint density at radius 1 is 1.60 bits per heavy atom. The summed E-state index contributed by atoms with van der Waals surface area (Å²) in [7, 11) is 0. The summed E-state index contributed by atoms with van der Waals surface area (Å²) >= 11 is 6.00. The van der Waals surface area contributed by atoms with Gasteiger partial charge in [-0.2, -0.15) is 0 Å². The molecule has 0 aromatic carbocycles. The van der Waals surface area contributed by atoms with E-state index >= 15 is 0 Å². The maximum atomic E-state index is 9.97. The lowest BCUT2D eigenvalue weighted by Gasteiger charge is -2.37. The fraction of sp³-hybridized carbons (Fsp3) is 0.600. The third kappa shape index (κ3) is 2.38. The van der Waals surface area contributed by atoms with Crippen LogP contribution in [0.5, 0.6) is 0 Å². The topological polar surface area (TPSA) is 49.2 Å². The van der Waals surface area contributed by atoms with Gasteiger partial charge >= 0.3 is 0 Å². The molecule has 1 N–H and O–H groups in total. The molecule has 1 aliphatic rings. The summed E-state index contributed by atoms with van der Waals surface area (Å²) in [5, 5.41) is 10.5. The number of aliphatic hydroxyl groups is 1. The maximum Gasteiger partial charge on any atom is 0.150 e. The second kappa shape index (κ2) is 3.94. The van der Waals surface area contributed by atoms with E-state index in [0.717, 1.165) is 19.4 Å². The first-order chi connectivity index (χ1) is 7.08. The number of piperidine rings is 1. The molecule has 1 aromatic heterocycles. The van der Waals surface area contributed by atoms with Crippen molar-refractivity contribution in [1.82, 2.24) is 9.97 Å². The molecule has 1 aliphatic heterocycles. The fourth-order valence-corrected chi connectivity index (χ4v) is 2.16. The van der Waals surface area contributed by atoms with Crippen molar-refractivity contribution in [1.29, 1.82) is 0 Å². The van der Waals surface area contributed by atoms with Crippen LogP contribution in [0.1, 0.15) is 19.8 Å². The van der Waals surface area contributed by atoms with Gasteiger partial charge in [0.25, 0.3) is 0 Å². The Morgan fingerprint density at radius 2 is 2.40 bits per heavy atom. The van der Waals surface area contributed by atoms with Crippen molar-refractivity contribution < 1.29 is 5.11 Å². The molecule has 1 unspecified atom stereocenters. The Morgan fingerprint density at radius 3 is 3.07 bits per heavy atom. The highest BCUT2D eigenvalue weighted by atomic mass is 35.5. The van der Waals surface area contributed by atoms with Gasteiger partial charge in [-0.05, 0) is 19.8 Å². The van der Waals surface area contributed by atoms with Crippen LogP contribution in [0.15, 0.2) is 12.5 Å². The minimum atomic E-state index is -0.646. The lowest BCUT2D eigenvalue weighted by Crippen LogP contribution is -2.46. The van der Waals surface area contributed by atoms with Gasteiger partial charge in [-0.3, -0.25) is 0 Å². The summed E-state index contributed by atoms with van der Waals surface area (Å²) in [5.74, 6) is 0.714. The SMILES string of the molecule is CC1(O)CCCN(c2ncncc2Cl)C1. The Bertz CT molecular complexity index is 356. The smallest absolute Gasteiger partial charge is 0.150 e. The second-order valence-electron chi connectivity index (χ2n) is 4.22. The molecule has 4 nitrogen and oxygen atoms in total. The number of β-amino-alcohol motifs (C(OH)–C–C–N with tert-alkyl or cyclic N) is 1. The summed E-state index contributed by atoms with van der Waals surface area (Å²) in [6.07, 6.45) is 4.83. The molecule has 0 aliphatic carbocycles. The first-order valence-corrected chi connectivity index (χ1v) is 5.39. The highest BCUT2D eigenvalue weighted by Gasteiger charge is 2.29. The van der Waals surface area contributed by atoms with Crippen LogP contribution in [0.4, 0.5) is 5.82 Å². The molecule has 1 atom stereocenters. The molecule has 15 heavy (non-hydrogen) atoms. The summed E-state index contributed by atoms with van der Waals surface area (Å²) in [4.78, 5) is 9.99. The first-order valence-electron chi connectivity index (χ1n) is 5.01. The lowest BCUT2D eigenvalue weighted by molar-refractivity contribution is 0.0447. The molecule has 1 aromatic rings. The van der Waals surface area contributed by atoms with E-state index in [9.17, 15) is 5.11 Å². The van der Waals surface area contributed by atoms with Gasteiger partial charge in [-0.1, -0.05) is 11.6 Å². The number of anilines is 1. The summed E-state index contributed by atoms with van der Waals surface area (Å²) in [6.45, 7) is 3.30. The molecule has 1 fully saturated rings. The van der Waals surface area contributed by atoms with Crippen molar-refractivity contribution in [3.05, 3.63) is 17.5 Å². The molecule has 0 saturated carbocycles. The van der Waals surface area contributed by atoms with Crippen molar-refractivity contribution in [2.75, 3.05) is 18.0 Å². The van der Waals surface area contributed by atoms with E-state index in [0.29, 0.717) is 17.4 Å². The van der Waals surface area contributed by atoms with Gasteiger partial charge in [0.15, 0.2) is 5.82 Å². The average molecular weight is 228 g/mol. The van der Waals surface area contributed by atoms with E-state index in [4.69, 9.17) is 11.6 Å². The normalized spacial score (nSPS) is 26.7.